The molecule has 1 aromatic carbocycles. The maximum atomic E-state index is 13.8. The average Bonchev–Trinajstić information content (AvgIpc) is 3.24. The molecule has 0 aromatic heterocycles. The van der Waals surface area contributed by atoms with E-state index in [4.69, 9.17) is 10.5 Å². The van der Waals surface area contributed by atoms with Gasteiger partial charge in [0.1, 0.15) is 16.4 Å². The second kappa shape index (κ2) is 6.25. The van der Waals surface area contributed by atoms with Crippen molar-refractivity contribution in [2.45, 2.75) is 17.7 Å². The fraction of sp³-hybridized carbons (Fsp3) is 0.538. The predicted molar refractivity (Wildman–Crippen MR) is 74.1 cm³/mol. The van der Waals surface area contributed by atoms with Crippen molar-refractivity contribution in [1.82, 2.24) is 4.31 Å². The summed E-state index contributed by atoms with van der Waals surface area (Å²) in [5, 5.41) is 0. The smallest absolute Gasteiger partial charge is 0.245 e. The van der Waals surface area contributed by atoms with Crippen LogP contribution in [0.15, 0.2) is 17.0 Å². The first kappa shape index (κ1) is 16.1. The molecule has 2 rings (SSSR count). The van der Waals surface area contributed by atoms with Gasteiger partial charge >= 0.3 is 0 Å². The highest BCUT2D eigenvalue weighted by Gasteiger charge is 2.27. The summed E-state index contributed by atoms with van der Waals surface area (Å²) in [5.41, 5.74) is 4.39. The van der Waals surface area contributed by atoms with E-state index >= 15 is 0 Å². The maximum absolute atomic E-state index is 13.8. The Hall–Kier alpha value is -1.25. The summed E-state index contributed by atoms with van der Waals surface area (Å²) in [7, 11) is -2.75. The molecule has 21 heavy (non-hydrogen) atoms. The Morgan fingerprint density at radius 2 is 2.05 bits per heavy atom. The zero-order chi connectivity index (χ0) is 15.6. The largest absolute Gasteiger partial charge is 0.394 e. The zero-order valence-electron chi connectivity index (χ0n) is 11.7. The number of hydrogen-bond donors (Lipinski definition) is 1. The van der Waals surface area contributed by atoms with Gasteiger partial charge < -0.3 is 10.5 Å². The molecule has 5 nitrogen and oxygen atoms in total. The molecule has 0 spiro atoms. The summed E-state index contributed by atoms with van der Waals surface area (Å²) in [4.78, 5) is -0.633. The first-order valence-corrected chi connectivity index (χ1v) is 8.05. The van der Waals surface area contributed by atoms with E-state index in [-0.39, 0.29) is 13.2 Å². The molecule has 1 saturated carbocycles. The molecule has 8 heteroatoms. The van der Waals surface area contributed by atoms with Gasteiger partial charge in [0.2, 0.25) is 10.0 Å². The highest BCUT2D eigenvalue weighted by Crippen LogP contribution is 2.29. The highest BCUT2D eigenvalue weighted by atomic mass is 32.2. The van der Waals surface area contributed by atoms with Crippen LogP contribution >= 0.6 is 0 Å². The van der Waals surface area contributed by atoms with Gasteiger partial charge in [0.25, 0.3) is 0 Å². The number of nitrogens with zero attached hydrogens (tertiary/aromatic N) is 1. The average molecular weight is 320 g/mol. The van der Waals surface area contributed by atoms with E-state index in [9.17, 15) is 17.2 Å². The Morgan fingerprint density at radius 3 is 2.67 bits per heavy atom. The molecular formula is C13H18F2N2O3S. The molecule has 0 unspecified atom stereocenters. The monoisotopic (exact) mass is 320 g/mol. The minimum Gasteiger partial charge on any atom is -0.394 e. The summed E-state index contributed by atoms with van der Waals surface area (Å²) < 4.78 is 57.6. The van der Waals surface area contributed by atoms with Crippen molar-refractivity contribution in [2.75, 3.05) is 32.5 Å². The van der Waals surface area contributed by atoms with Crippen molar-refractivity contribution >= 4 is 15.7 Å². The fourth-order valence-electron chi connectivity index (χ4n) is 1.76. The van der Waals surface area contributed by atoms with Crippen LogP contribution in [0.5, 0.6) is 0 Å². The number of halogens is 2. The second-order valence-corrected chi connectivity index (χ2v) is 7.13. The molecule has 0 atom stereocenters. The van der Waals surface area contributed by atoms with Crippen LogP contribution in [0, 0.1) is 17.6 Å². The summed E-state index contributed by atoms with van der Waals surface area (Å²) in [5.74, 6) is -1.66. The van der Waals surface area contributed by atoms with Crippen molar-refractivity contribution in [3.05, 3.63) is 23.8 Å². The maximum Gasteiger partial charge on any atom is 0.245 e. The number of benzene rings is 1. The van der Waals surface area contributed by atoms with Crippen LogP contribution in [0.25, 0.3) is 0 Å². The number of likely N-dealkylation sites (N-methyl/N-ethyl adjacent to an activating group) is 1. The van der Waals surface area contributed by atoms with Gasteiger partial charge in [-0.05, 0) is 30.9 Å². The van der Waals surface area contributed by atoms with E-state index in [1.54, 1.807) is 0 Å². The quantitative estimate of drug-likeness (QED) is 0.612. The standard InChI is InChI=1S/C13H18F2N2O3S/c1-17(6-7-20-8-9-2-3-9)21(18,19)11-5-4-10(14)13(16)12(11)15/h4-5,9H,2-3,6-8,16H2,1H3. The minimum absolute atomic E-state index is 0.0891. The van der Waals surface area contributed by atoms with Crippen LogP contribution in [-0.2, 0) is 14.8 Å². The topological polar surface area (TPSA) is 72.6 Å². The van der Waals surface area contributed by atoms with Crippen LogP contribution in [0.4, 0.5) is 14.5 Å². The lowest BCUT2D eigenvalue weighted by molar-refractivity contribution is 0.117. The zero-order valence-corrected chi connectivity index (χ0v) is 12.5. The molecule has 118 valence electrons. The number of ether oxygens (including phenoxy) is 1. The molecule has 2 N–H and O–H groups in total. The third kappa shape index (κ3) is 3.69. The molecule has 0 aliphatic heterocycles. The lowest BCUT2D eigenvalue weighted by Crippen LogP contribution is -2.31. The van der Waals surface area contributed by atoms with Crippen LogP contribution in [0.1, 0.15) is 12.8 Å². The molecule has 1 aliphatic carbocycles. The van der Waals surface area contributed by atoms with Gasteiger partial charge in [-0.1, -0.05) is 0 Å². The molecule has 1 aromatic rings. The first-order valence-electron chi connectivity index (χ1n) is 6.61. The lowest BCUT2D eigenvalue weighted by Gasteiger charge is -2.18. The SMILES string of the molecule is CN(CCOCC1CC1)S(=O)(=O)c1ccc(F)c(N)c1F. The summed E-state index contributed by atoms with van der Waals surface area (Å²) in [6.07, 6.45) is 2.29. The van der Waals surface area contributed by atoms with E-state index in [1.807, 2.05) is 0 Å². The fourth-order valence-corrected chi connectivity index (χ4v) is 2.99. The highest BCUT2D eigenvalue weighted by molar-refractivity contribution is 7.89. The number of hydrogen-bond acceptors (Lipinski definition) is 4. The Balaban J connectivity index is 2.03. The second-order valence-electron chi connectivity index (χ2n) is 5.12. The van der Waals surface area contributed by atoms with Gasteiger partial charge in [0, 0.05) is 20.2 Å². The molecular weight excluding hydrogens is 302 g/mol. The van der Waals surface area contributed by atoms with Gasteiger partial charge in [-0.15, -0.1) is 0 Å². The molecule has 0 radical (unpaired) electrons. The van der Waals surface area contributed by atoms with E-state index < -0.39 is 32.2 Å². The number of nitrogen functional groups attached to an aromatic ring is 1. The summed E-state index contributed by atoms with van der Waals surface area (Å²) in [6, 6.07) is 1.71. The molecule has 0 saturated heterocycles. The Bertz CT molecular complexity index is 618. The number of nitrogens with two attached hydrogens (primary N) is 1. The van der Waals surface area contributed by atoms with Crippen LogP contribution in [-0.4, -0.2) is 39.5 Å². The Morgan fingerprint density at radius 1 is 1.38 bits per heavy atom. The Labute approximate surface area is 122 Å². The molecule has 1 fully saturated rings. The van der Waals surface area contributed by atoms with Crippen LogP contribution in [0.3, 0.4) is 0 Å². The van der Waals surface area contributed by atoms with Crippen molar-refractivity contribution in [2.24, 2.45) is 5.92 Å². The van der Waals surface area contributed by atoms with E-state index in [0.29, 0.717) is 12.5 Å². The van der Waals surface area contributed by atoms with Gasteiger partial charge in [0.05, 0.1) is 6.61 Å². The Kier molecular flexibility index (Phi) is 4.80. The molecule has 0 amide bonds. The van der Waals surface area contributed by atoms with Crippen LogP contribution < -0.4 is 5.73 Å². The lowest BCUT2D eigenvalue weighted by atomic mass is 10.3. The molecule has 0 heterocycles. The van der Waals surface area contributed by atoms with Gasteiger partial charge in [0.15, 0.2) is 5.82 Å². The normalized spacial score (nSPS) is 15.6. The van der Waals surface area contributed by atoms with Gasteiger partial charge in [-0.2, -0.15) is 4.31 Å². The van der Waals surface area contributed by atoms with Crippen LogP contribution in [0.2, 0.25) is 0 Å². The van der Waals surface area contributed by atoms with E-state index in [2.05, 4.69) is 0 Å². The van der Waals surface area contributed by atoms with Gasteiger partial charge in [-0.3, -0.25) is 0 Å². The summed E-state index contributed by atoms with van der Waals surface area (Å²) >= 11 is 0. The van der Waals surface area contributed by atoms with Crippen molar-refractivity contribution in [1.29, 1.82) is 0 Å². The third-order valence-corrected chi connectivity index (χ3v) is 5.25. The minimum atomic E-state index is -4.06. The predicted octanol–water partition coefficient (Wildman–Crippen LogP) is 1.59. The summed E-state index contributed by atoms with van der Waals surface area (Å²) in [6.45, 7) is 0.933. The van der Waals surface area contributed by atoms with Gasteiger partial charge in [-0.25, -0.2) is 17.2 Å². The number of rotatable bonds is 7. The molecule has 0 bridgehead atoms. The number of anilines is 1. The van der Waals surface area contributed by atoms with Crippen molar-refractivity contribution < 1.29 is 21.9 Å². The van der Waals surface area contributed by atoms with Crippen molar-refractivity contribution in [3.63, 3.8) is 0 Å². The van der Waals surface area contributed by atoms with E-state index in [0.717, 1.165) is 29.3 Å². The van der Waals surface area contributed by atoms with E-state index in [1.165, 1.54) is 7.05 Å². The number of sulfonamides is 1. The first-order chi connectivity index (χ1) is 9.84. The third-order valence-electron chi connectivity index (χ3n) is 3.38. The van der Waals surface area contributed by atoms with Crippen molar-refractivity contribution in [3.8, 4) is 0 Å². The molecule has 1 aliphatic rings.